The Hall–Kier alpha value is -0.650. The predicted octanol–water partition coefficient (Wildman–Crippen LogP) is 1.93. The highest BCUT2D eigenvalue weighted by atomic mass is 32.1. The van der Waals surface area contributed by atoms with E-state index in [4.69, 9.17) is 0 Å². The molecular weight excluding hydrogens is 256 g/mol. The summed E-state index contributed by atoms with van der Waals surface area (Å²) in [6.45, 7) is 10.1. The Kier molecular flexibility index (Phi) is 4.05. The second kappa shape index (κ2) is 5.77. The zero-order valence-corrected chi connectivity index (χ0v) is 12.7. The first kappa shape index (κ1) is 13.3. The molecule has 2 aliphatic rings. The number of fused-ring (bicyclic) bond motifs is 1. The highest BCUT2D eigenvalue weighted by Gasteiger charge is 2.35. The van der Waals surface area contributed by atoms with E-state index in [1.54, 1.807) is 0 Å². The van der Waals surface area contributed by atoms with Gasteiger partial charge < -0.3 is 10.2 Å². The first-order valence-corrected chi connectivity index (χ1v) is 8.25. The number of piperazine rings is 1. The molecule has 2 fully saturated rings. The topological polar surface area (TPSA) is 31.4 Å². The first-order valence-electron chi connectivity index (χ1n) is 7.44. The van der Waals surface area contributed by atoms with E-state index in [2.05, 4.69) is 33.9 Å². The Morgan fingerprint density at radius 3 is 3.21 bits per heavy atom. The fourth-order valence-corrected chi connectivity index (χ4v) is 4.21. The molecule has 19 heavy (non-hydrogen) atoms. The molecule has 2 aliphatic heterocycles. The van der Waals surface area contributed by atoms with E-state index < -0.39 is 0 Å². The number of thiazole rings is 1. The summed E-state index contributed by atoms with van der Waals surface area (Å²) in [5.74, 6) is 0. The summed E-state index contributed by atoms with van der Waals surface area (Å²) in [5.41, 5.74) is 0. The largest absolute Gasteiger partial charge is 0.343 e. The molecule has 2 unspecified atom stereocenters. The van der Waals surface area contributed by atoms with Crippen molar-refractivity contribution in [2.24, 2.45) is 0 Å². The van der Waals surface area contributed by atoms with Crippen LogP contribution in [0.2, 0.25) is 0 Å². The third-order valence-electron chi connectivity index (χ3n) is 4.27. The van der Waals surface area contributed by atoms with E-state index in [1.165, 1.54) is 35.9 Å². The molecule has 0 bridgehead atoms. The standard InChI is InChI=1S/C14H24N4S/c1-3-15-7-13-8-16-14(19-13)18-10-12-5-4-6-17(12)9-11(18)2/h8,11-12,15H,3-7,9-10H2,1-2H3. The fraction of sp³-hybridized carbons (Fsp3) is 0.786. The minimum Gasteiger partial charge on any atom is -0.343 e. The van der Waals surface area contributed by atoms with Gasteiger partial charge in [0.2, 0.25) is 0 Å². The van der Waals surface area contributed by atoms with Gasteiger partial charge in [-0.3, -0.25) is 4.90 Å². The summed E-state index contributed by atoms with van der Waals surface area (Å²) >= 11 is 1.85. The minimum atomic E-state index is 0.590. The molecular formula is C14H24N4S. The Labute approximate surface area is 119 Å². The Morgan fingerprint density at radius 2 is 2.37 bits per heavy atom. The van der Waals surface area contributed by atoms with Crippen molar-refractivity contribution in [3.05, 3.63) is 11.1 Å². The molecule has 1 aromatic rings. The molecule has 0 aliphatic carbocycles. The van der Waals surface area contributed by atoms with Gasteiger partial charge in [0, 0.05) is 42.8 Å². The van der Waals surface area contributed by atoms with Gasteiger partial charge in [-0.05, 0) is 32.9 Å². The zero-order chi connectivity index (χ0) is 13.2. The molecule has 0 aromatic carbocycles. The van der Waals surface area contributed by atoms with Crippen molar-refractivity contribution in [1.29, 1.82) is 0 Å². The maximum absolute atomic E-state index is 4.64. The van der Waals surface area contributed by atoms with E-state index in [0.29, 0.717) is 6.04 Å². The van der Waals surface area contributed by atoms with Gasteiger partial charge in [0.15, 0.2) is 5.13 Å². The monoisotopic (exact) mass is 280 g/mol. The molecule has 1 aromatic heterocycles. The molecule has 2 saturated heterocycles. The lowest BCUT2D eigenvalue weighted by molar-refractivity contribution is 0.203. The lowest BCUT2D eigenvalue weighted by Gasteiger charge is -2.42. The number of aromatic nitrogens is 1. The Balaban J connectivity index is 1.68. The van der Waals surface area contributed by atoms with Gasteiger partial charge in [0.05, 0.1) is 0 Å². The van der Waals surface area contributed by atoms with Gasteiger partial charge in [0.1, 0.15) is 0 Å². The van der Waals surface area contributed by atoms with Gasteiger partial charge in [-0.25, -0.2) is 4.98 Å². The van der Waals surface area contributed by atoms with E-state index in [-0.39, 0.29) is 0 Å². The normalized spacial score (nSPS) is 27.8. The molecule has 3 rings (SSSR count). The highest BCUT2D eigenvalue weighted by molar-refractivity contribution is 7.15. The van der Waals surface area contributed by atoms with Crippen LogP contribution in [0.25, 0.3) is 0 Å². The average molecular weight is 280 g/mol. The summed E-state index contributed by atoms with van der Waals surface area (Å²) in [7, 11) is 0. The number of nitrogens with zero attached hydrogens (tertiary/aromatic N) is 3. The van der Waals surface area contributed by atoms with Crippen LogP contribution in [0, 0.1) is 0 Å². The van der Waals surface area contributed by atoms with Gasteiger partial charge in [-0.15, -0.1) is 11.3 Å². The van der Waals surface area contributed by atoms with Crippen molar-refractivity contribution in [2.45, 2.75) is 45.3 Å². The number of hydrogen-bond donors (Lipinski definition) is 1. The molecule has 3 heterocycles. The van der Waals surface area contributed by atoms with Gasteiger partial charge in [-0.2, -0.15) is 0 Å². The molecule has 4 nitrogen and oxygen atoms in total. The van der Waals surface area contributed by atoms with Crippen LogP contribution >= 0.6 is 11.3 Å². The van der Waals surface area contributed by atoms with Crippen LogP contribution in [0.15, 0.2) is 6.20 Å². The van der Waals surface area contributed by atoms with E-state index >= 15 is 0 Å². The molecule has 2 atom stereocenters. The van der Waals surface area contributed by atoms with Crippen LogP contribution in [-0.4, -0.2) is 48.1 Å². The summed E-state index contributed by atoms with van der Waals surface area (Å²) in [6, 6.07) is 1.35. The average Bonchev–Trinajstić information content (AvgIpc) is 3.03. The third-order valence-corrected chi connectivity index (χ3v) is 5.31. The van der Waals surface area contributed by atoms with Crippen LogP contribution < -0.4 is 10.2 Å². The molecule has 0 saturated carbocycles. The number of nitrogens with one attached hydrogen (secondary N) is 1. The maximum Gasteiger partial charge on any atom is 0.185 e. The predicted molar refractivity (Wildman–Crippen MR) is 80.9 cm³/mol. The maximum atomic E-state index is 4.64. The van der Waals surface area contributed by atoms with Crippen LogP contribution in [-0.2, 0) is 6.54 Å². The van der Waals surface area contributed by atoms with Crippen molar-refractivity contribution < 1.29 is 0 Å². The highest BCUT2D eigenvalue weighted by Crippen LogP contribution is 2.31. The first-order chi connectivity index (χ1) is 9.28. The molecule has 106 valence electrons. The van der Waals surface area contributed by atoms with Crippen LogP contribution in [0.1, 0.15) is 31.6 Å². The van der Waals surface area contributed by atoms with Gasteiger partial charge in [0.25, 0.3) is 0 Å². The molecule has 0 radical (unpaired) electrons. The number of hydrogen-bond acceptors (Lipinski definition) is 5. The SMILES string of the molecule is CCNCc1cnc(N2CC3CCCN3CC2C)s1. The van der Waals surface area contributed by atoms with Crippen molar-refractivity contribution >= 4 is 16.5 Å². The summed E-state index contributed by atoms with van der Waals surface area (Å²) in [5, 5.41) is 4.59. The third kappa shape index (κ3) is 2.78. The van der Waals surface area contributed by atoms with Crippen LogP contribution in [0.3, 0.4) is 0 Å². The molecule has 0 spiro atoms. The Morgan fingerprint density at radius 1 is 1.47 bits per heavy atom. The van der Waals surface area contributed by atoms with E-state index in [0.717, 1.165) is 25.7 Å². The fourth-order valence-electron chi connectivity index (χ4n) is 3.21. The van der Waals surface area contributed by atoms with Gasteiger partial charge in [-0.1, -0.05) is 6.92 Å². The summed E-state index contributed by atoms with van der Waals surface area (Å²) < 4.78 is 0. The summed E-state index contributed by atoms with van der Waals surface area (Å²) in [6.07, 6.45) is 4.77. The quantitative estimate of drug-likeness (QED) is 0.913. The second-order valence-electron chi connectivity index (χ2n) is 5.68. The van der Waals surface area contributed by atoms with E-state index in [1.807, 2.05) is 17.5 Å². The number of rotatable bonds is 4. The Bertz CT molecular complexity index is 419. The lowest BCUT2D eigenvalue weighted by atomic mass is 10.1. The molecule has 5 heteroatoms. The van der Waals surface area contributed by atoms with Crippen molar-refractivity contribution in [1.82, 2.24) is 15.2 Å². The minimum absolute atomic E-state index is 0.590. The molecule has 1 N–H and O–H groups in total. The second-order valence-corrected chi connectivity index (χ2v) is 6.78. The molecule has 0 amide bonds. The summed E-state index contributed by atoms with van der Waals surface area (Å²) in [4.78, 5) is 11.2. The van der Waals surface area contributed by atoms with Crippen molar-refractivity contribution in [2.75, 3.05) is 31.1 Å². The lowest BCUT2D eigenvalue weighted by Crippen LogP contribution is -2.55. The number of anilines is 1. The van der Waals surface area contributed by atoms with Gasteiger partial charge >= 0.3 is 0 Å². The van der Waals surface area contributed by atoms with E-state index in [9.17, 15) is 0 Å². The van der Waals surface area contributed by atoms with Crippen LogP contribution in [0.4, 0.5) is 5.13 Å². The van der Waals surface area contributed by atoms with Crippen molar-refractivity contribution in [3.8, 4) is 0 Å². The van der Waals surface area contributed by atoms with Crippen molar-refractivity contribution in [3.63, 3.8) is 0 Å². The van der Waals surface area contributed by atoms with Crippen LogP contribution in [0.5, 0.6) is 0 Å². The zero-order valence-electron chi connectivity index (χ0n) is 11.9. The smallest absolute Gasteiger partial charge is 0.185 e.